The van der Waals surface area contributed by atoms with E-state index in [4.69, 9.17) is 9.84 Å². The number of unbranched alkanes of at least 4 members (excludes halogenated alkanes) is 2. The molecule has 0 amide bonds. The lowest BCUT2D eigenvalue weighted by molar-refractivity contribution is -0.438. The normalized spacial score (nSPS) is 21.0. The molecule has 2 unspecified atom stereocenters. The van der Waals surface area contributed by atoms with Crippen LogP contribution in [-0.4, -0.2) is 92.8 Å². The van der Waals surface area contributed by atoms with Crippen molar-refractivity contribution < 1.29 is 58.1 Å². The van der Waals surface area contributed by atoms with Crippen molar-refractivity contribution in [2.45, 2.75) is 86.3 Å². The van der Waals surface area contributed by atoms with Crippen LogP contribution < -0.4 is 4.90 Å². The molecule has 0 bridgehead atoms. The summed E-state index contributed by atoms with van der Waals surface area (Å²) in [4.78, 5) is 12.5. The molecule has 0 spiro atoms. The van der Waals surface area contributed by atoms with Gasteiger partial charge in [-0.3, -0.25) is 18.5 Å². The van der Waals surface area contributed by atoms with Gasteiger partial charge in [0.05, 0.1) is 21.0 Å². The number of hydrogen-bond acceptors (Lipinski definition) is 9. The van der Waals surface area contributed by atoms with Crippen molar-refractivity contribution in [1.29, 1.82) is 0 Å². The van der Waals surface area contributed by atoms with E-state index in [-0.39, 0.29) is 29.1 Å². The standard InChI is InChI=1S/C39H50N2O12S3/c1-5-40-33-20-18-29(55(47,48)49)27-31(33)38(2,22-14-26-54(44,45)46)35(40)15-10-7-6-8-11-16-36-39(3,23-25-53-4)32-28-30(56(50,51)52)19-21-34(32)41(36)24-13-9-12-17-37(42)43/h6-8,10-11,15-16,18-21,27-28H,5,9,12-14,17,22-26H2,1-4H3,(H3-,42,43,44,45,46,47,48,49,50,51,52)/p+1. The van der Waals surface area contributed by atoms with Crippen LogP contribution in [0.3, 0.4) is 0 Å². The minimum Gasteiger partial charge on any atom is -0.481 e. The molecule has 0 aliphatic carbocycles. The van der Waals surface area contributed by atoms with Gasteiger partial charge < -0.3 is 14.7 Å². The molecule has 0 saturated heterocycles. The Morgan fingerprint density at radius 2 is 1.43 bits per heavy atom. The molecule has 2 aromatic rings. The topological polar surface area (TPSA) is 216 Å². The summed E-state index contributed by atoms with van der Waals surface area (Å²) in [6.07, 6.45) is 15.7. The van der Waals surface area contributed by atoms with Gasteiger partial charge in [-0.15, -0.1) is 0 Å². The fourth-order valence-electron chi connectivity index (χ4n) is 7.62. The molecule has 0 radical (unpaired) electrons. The number of likely N-dealkylation sites (N-methyl/N-ethyl adjacent to an activating group) is 1. The van der Waals surface area contributed by atoms with Gasteiger partial charge in [0, 0.05) is 67.6 Å². The fourth-order valence-corrected chi connectivity index (χ4v) is 9.14. The van der Waals surface area contributed by atoms with E-state index in [1.165, 1.54) is 24.3 Å². The smallest absolute Gasteiger partial charge is 0.303 e. The summed E-state index contributed by atoms with van der Waals surface area (Å²) < 4.78 is 108. The second-order valence-corrected chi connectivity index (χ2v) is 18.7. The van der Waals surface area contributed by atoms with Crippen molar-refractivity contribution in [2.24, 2.45) is 0 Å². The van der Waals surface area contributed by atoms with E-state index in [0.29, 0.717) is 62.2 Å². The van der Waals surface area contributed by atoms with Crippen LogP contribution in [0.15, 0.2) is 94.4 Å². The summed E-state index contributed by atoms with van der Waals surface area (Å²) in [5.41, 5.74) is 2.90. The number of ether oxygens (including phenoxy) is 1. The largest absolute Gasteiger partial charge is 0.481 e. The molecule has 4 rings (SSSR count). The number of allylic oxidation sites excluding steroid dienone is 8. The number of fused-ring (bicyclic) bond motifs is 2. The van der Waals surface area contributed by atoms with Crippen LogP contribution in [0.2, 0.25) is 0 Å². The predicted octanol–water partition coefficient (Wildman–Crippen LogP) is 6.24. The van der Waals surface area contributed by atoms with Crippen molar-refractivity contribution in [3.8, 4) is 0 Å². The number of carboxylic acids is 1. The Kier molecular flexibility index (Phi) is 14.5. The van der Waals surface area contributed by atoms with Crippen LogP contribution in [0, 0.1) is 0 Å². The zero-order chi connectivity index (χ0) is 41.5. The Balaban J connectivity index is 1.68. The average Bonchev–Trinajstić information content (AvgIpc) is 3.48. The summed E-state index contributed by atoms with van der Waals surface area (Å²) in [5.74, 6) is -1.33. The second-order valence-electron chi connectivity index (χ2n) is 14.3. The minimum absolute atomic E-state index is 0.0665. The highest BCUT2D eigenvalue weighted by Gasteiger charge is 2.48. The third-order valence-corrected chi connectivity index (χ3v) is 12.9. The summed E-state index contributed by atoms with van der Waals surface area (Å²) >= 11 is 0. The molecule has 17 heteroatoms. The van der Waals surface area contributed by atoms with Gasteiger partial charge in [-0.05, 0) is 94.8 Å². The first-order valence-corrected chi connectivity index (χ1v) is 22.7. The summed E-state index contributed by atoms with van der Waals surface area (Å²) in [6.45, 7) is 7.20. The van der Waals surface area contributed by atoms with Crippen molar-refractivity contribution in [2.75, 3.05) is 37.5 Å². The zero-order valence-electron chi connectivity index (χ0n) is 32.0. The fraction of sp³-hybridized carbons (Fsp3) is 0.436. The van der Waals surface area contributed by atoms with E-state index < -0.39 is 52.9 Å². The Morgan fingerprint density at radius 3 is 2.04 bits per heavy atom. The molecule has 2 atom stereocenters. The number of nitrogens with zero attached hydrogens (tertiary/aromatic N) is 2. The van der Waals surface area contributed by atoms with Crippen LogP contribution in [0.1, 0.15) is 76.8 Å². The Hall–Kier alpha value is -3.97. The first kappa shape index (κ1) is 44.7. The highest BCUT2D eigenvalue weighted by Crippen LogP contribution is 2.51. The Labute approximate surface area is 329 Å². The average molecular weight is 836 g/mol. The molecule has 2 aromatic carbocycles. The summed E-state index contributed by atoms with van der Waals surface area (Å²) in [5, 5.41) is 9.07. The van der Waals surface area contributed by atoms with Gasteiger partial charge in [0.25, 0.3) is 30.4 Å². The minimum atomic E-state index is -4.51. The van der Waals surface area contributed by atoms with Crippen molar-refractivity contribution >= 4 is 53.4 Å². The van der Waals surface area contributed by atoms with Gasteiger partial charge in [0.15, 0.2) is 5.71 Å². The third kappa shape index (κ3) is 10.5. The molecule has 0 saturated carbocycles. The molecule has 2 aliphatic rings. The number of carbonyl (C=O) groups is 1. The van der Waals surface area contributed by atoms with Gasteiger partial charge in [0.2, 0.25) is 5.69 Å². The maximum atomic E-state index is 12.1. The van der Waals surface area contributed by atoms with Gasteiger partial charge in [-0.1, -0.05) is 30.4 Å². The van der Waals surface area contributed by atoms with Crippen LogP contribution >= 0.6 is 0 Å². The van der Waals surface area contributed by atoms with Crippen molar-refractivity contribution in [3.05, 3.63) is 95.8 Å². The quantitative estimate of drug-likeness (QED) is 0.0504. The first-order chi connectivity index (χ1) is 26.2. The highest BCUT2D eigenvalue weighted by molar-refractivity contribution is 7.86. The van der Waals surface area contributed by atoms with Crippen LogP contribution in [0.4, 0.5) is 11.4 Å². The van der Waals surface area contributed by atoms with Crippen molar-refractivity contribution in [1.82, 2.24) is 0 Å². The SMILES string of the molecule is CCN1C(=CC=CC=CC=CC2=[N+](CCCCCC(=O)O)c3ccc(S(=O)(=O)O)cc3C2(C)CCOC)C(C)(CCCS(=O)(=O)O)c2cc(S(=O)(=O)O)ccc21. The van der Waals surface area contributed by atoms with Crippen LogP contribution in [-0.2, 0) is 50.7 Å². The molecular formula is C39H51N2O12S3+. The number of benzene rings is 2. The number of rotatable bonds is 20. The van der Waals surface area contributed by atoms with Gasteiger partial charge in [0.1, 0.15) is 6.54 Å². The molecule has 4 N–H and O–H groups in total. The van der Waals surface area contributed by atoms with Crippen LogP contribution in [0.5, 0.6) is 0 Å². The third-order valence-electron chi connectivity index (χ3n) is 10.4. The lowest BCUT2D eigenvalue weighted by Crippen LogP contribution is -2.33. The number of carboxylic acid groups (broad SMARTS) is 1. The first-order valence-electron chi connectivity index (χ1n) is 18.2. The Bertz CT molecular complexity index is 2290. The molecule has 0 aromatic heterocycles. The van der Waals surface area contributed by atoms with E-state index in [0.717, 1.165) is 17.1 Å². The number of hydrogen-bond donors (Lipinski definition) is 4. The van der Waals surface area contributed by atoms with E-state index in [1.807, 2.05) is 50.0 Å². The molecule has 2 aliphatic heterocycles. The molecule has 14 nitrogen and oxygen atoms in total. The maximum Gasteiger partial charge on any atom is 0.303 e. The highest BCUT2D eigenvalue weighted by atomic mass is 32.2. The zero-order valence-corrected chi connectivity index (χ0v) is 34.4. The van der Waals surface area contributed by atoms with Crippen LogP contribution in [0.25, 0.3) is 0 Å². The monoisotopic (exact) mass is 835 g/mol. The van der Waals surface area contributed by atoms with Crippen molar-refractivity contribution in [3.63, 3.8) is 0 Å². The summed E-state index contributed by atoms with van der Waals surface area (Å²) in [6, 6.07) is 8.86. The van der Waals surface area contributed by atoms with E-state index in [1.54, 1.807) is 37.5 Å². The maximum absolute atomic E-state index is 12.1. The Morgan fingerprint density at radius 1 is 0.804 bits per heavy atom. The number of methoxy groups -OCH3 is 1. The molecule has 2 heterocycles. The summed E-state index contributed by atoms with van der Waals surface area (Å²) in [7, 11) is -11.6. The van der Waals surface area contributed by atoms with E-state index in [9.17, 15) is 43.7 Å². The van der Waals surface area contributed by atoms with Gasteiger partial charge in [-0.25, -0.2) is 0 Å². The van der Waals surface area contributed by atoms with E-state index in [2.05, 4.69) is 4.58 Å². The molecule has 0 fully saturated rings. The second kappa shape index (κ2) is 18.1. The number of anilines is 1. The predicted molar refractivity (Wildman–Crippen MR) is 214 cm³/mol. The number of aliphatic carboxylic acids is 1. The lowest BCUT2D eigenvalue weighted by atomic mass is 9.76. The molecule has 56 heavy (non-hydrogen) atoms. The van der Waals surface area contributed by atoms with Gasteiger partial charge >= 0.3 is 5.97 Å². The lowest BCUT2D eigenvalue weighted by Gasteiger charge is -2.30. The van der Waals surface area contributed by atoms with E-state index >= 15 is 0 Å². The molecular weight excluding hydrogens is 785 g/mol. The van der Waals surface area contributed by atoms with Gasteiger partial charge in [-0.2, -0.15) is 29.8 Å². The molecule has 306 valence electrons.